The smallest absolute Gasteiger partial charge is 0.170 e. The molecule has 0 spiro atoms. The number of aryl methyl sites for hydroxylation is 2. The predicted octanol–water partition coefficient (Wildman–Crippen LogP) is 3.34. The van der Waals surface area contributed by atoms with Gasteiger partial charge in [-0.1, -0.05) is 36.0 Å². The van der Waals surface area contributed by atoms with Crippen molar-refractivity contribution in [1.82, 2.24) is 9.36 Å². The van der Waals surface area contributed by atoms with E-state index < -0.39 is 0 Å². The molecule has 1 aliphatic carbocycles. The first kappa shape index (κ1) is 13.1. The lowest BCUT2D eigenvalue weighted by Crippen LogP contribution is -2.23. The SMILES string of the molecule is Cc1nsc(SC2CCCc3ccccc3C2N)n1. The van der Waals surface area contributed by atoms with E-state index in [2.05, 4.69) is 33.6 Å². The summed E-state index contributed by atoms with van der Waals surface area (Å²) >= 11 is 3.27. The Morgan fingerprint density at radius 3 is 3.00 bits per heavy atom. The van der Waals surface area contributed by atoms with Gasteiger partial charge >= 0.3 is 0 Å². The molecule has 1 aromatic carbocycles. The Labute approximate surface area is 121 Å². The highest BCUT2D eigenvalue weighted by Crippen LogP contribution is 2.38. The van der Waals surface area contributed by atoms with Gasteiger partial charge < -0.3 is 5.73 Å². The monoisotopic (exact) mass is 291 g/mol. The molecule has 1 heterocycles. The summed E-state index contributed by atoms with van der Waals surface area (Å²) in [6, 6.07) is 8.66. The largest absolute Gasteiger partial charge is 0.323 e. The normalized spacial score (nSPS) is 22.8. The molecule has 2 aromatic rings. The first-order valence-corrected chi connectivity index (χ1v) is 8.19. The van der Waals surface area contributed by atoms with Gasteiger partial charge in [0, 0.05) is 11.3 Å². The van der Waals surface area contributed by atoms with Crippen molar-refractivity contribution in [2.75, 3.05) is 0 Å². The maximum absolute atomic E-state index is 6.48. The summed E-state index contributed by atoms with van der Waals surface area (Å²) in [6.07, 6.45) is 3.47. The Hall–Kier alpha value is -0.910. The standard InChI is InChI=1S/C14H17N3S2/c1-9-16-14(19-17-9)18-12-8-4-6-10-5-2-3-7-11(10)13(12)15/h2-3,5,7,12-13H,4,6,8,15H2,1H3. The maximum atomic E-state index is 6.48. The van der Waals surface area contributed by atoms with Crippen LogP contribution in [-0.4, -0.2) is 14.6 Å². The molecular weight excluding hydrogens is 274 g/mol. The summed E-state index contributed by atoms with van der Waals surface area (Å²) in [4.78, 5) is 4.44. The summed E-state index contributed by atoms with van der Waals surface area (Å²) in [5, 5.41) is 0.399. The Bertz CT molecular complexity index is 567. The highest BCUT2D eigenvalue weighted by atomic mass is 32.2. The van der Waals surface area contributed by atoms with Crippen LogP contribution < -0.4 is 5.73 Å². The second-order valence-corrected chi connectivity index (χ2v) is 7.12. The molecule has 19 heavy (non-hydrogen) atoms. The van der Waals surface area contributed by atoms with Gasteiger partial charge in [-0.05, 0) is 48.8 Å². The highest BCUT2D eigenvalue weighted by molar-refractivity contribution is 8.01. The van der Waals surface area contributed by atoms with E-state index in [4.69, 9.17) is 5.73 Å². The van der Waals surface area contributed by atoms with Crippen molar-refractivity contribution in [3.8, 4) is 0 Å². The number of hydrogen-bond acceptors (Lipinski definition) is 5. The summed E-state index contributed by atoms with van der Waals surface area (Å²) in [6.45, 7) is 1.93. The van der Waals surface area contributed by atoms with Crippen LogP contribution in [0, 0.1) is 6.92 Å². The number of hydrogen-bond donors (Lipinski definition) is 1. The quantitative estimate of drug-likeness (QED) is 0.862. The number of nitrogens with zero attached hydrogens (tertiary/aromatic N) is 2. The fraction of sp³-hybridized carbons (Fsp3) is 0.429. The lowest BCUT2D eigenvalue weighted by Gasteiger charge is -2.21. The van der Waals surface area contributed by atoms with Crippen LogP contribution in [0.5, 0.6) is 0 Å². The Balaban J connectivity index is 1.83. The minimum absolute atomic E-state index is 0.0907. The van der Waals surface area contributed by atoms with E-state index in [0.717, 1.165) is 23.0 Å². The molecule has 1 aliphatic rings. The van der Waals surface area contributed by atoms with Gasteiger partial charge in [-0.25, -0.2) is 4.98 Å². The molecule has 3 rings (SSSR count). The summed E-state index contributed by atoms with van der Waals surface area (Å²) in [5.74, 6) is 0.857. The average Bonchev–Trinajstić information content (AvgIpc) is 2.75. The molecule has 100 valence electrons. The van der Waals surface area contributed by atoms with E-state index in [-0.39, 0.29) is 6.04 Å². The molecule has 0 saturated heterocycles. The fourth-order valence-electron chi connectivity index (χ4n) is 2.55. The van der Waals surface area contributed by atoms with Crippen molar-refractivity contribution in [2.24, 2.45) is 5.73 Å². The first-order chi connectivity index (χ1) is 9.24. The predicted molar refractivity (Wildman–Crippen MR) is 80.6 cm³/mol. The van der Waals surface area contributed by atoms with E-state index in [1.54, 1.807) is 11.8 Å². The number of fused-ring (bicyclic) bond motifs is 1. The third kappa shape index (κ3) is 2.83. The topological polar surface area (TPSA) is 51.8 Å². The van der Waals surface area contributed by atoms with Crippen molar-refractivity contribution < 1.29 is 0 Å². The van der Waals surface area contributed by atoms with Gasteiger partial charge in [0.25, 0.3) is 0 Å². The van der Waals surface area contributed by atoms with Crippen molar-refractivity contribution in [3.05, 3.63) is 41.2 Å². The summed E-state index contributed by atoms with van der Waals surface area (Å²) in [7, 11) is 0. The molecule has 5 heteroatoms. The molecule has 0 bridgehead atoms. The van der Waals surface area contributed by atoms with E-state index >= 15 is 0 Å². The van der Waals surface area contributed by atoms with Crippen molar-refractivity contribution in [1.29, 1.82) is 0 Å². The van der Waals surface area contributed by atoms with Crippen LogP contribution in [0.2, 0.25) is 0 Å². The van der Waals surface area contributed by atoms with Gasteiger partial charge in [-0.2, -0.15) is 4.37 Å². The number of thioether (sulfide) groups is 1. The minimum atomic E-state index is 0.0907. The fourth-order valence-corrected chi connectivity index (χ4v) is 4.65. The number of benzene rings is 1. The van der Waals surface area contributed by atoms with Gasteiger partial charge in [-0.15, -0.1) is 0 Å². The van der Waals surface area contributed by atoms with E-state index in [0.29, 0.717) is 5.25 Å². The maximum Gasteiger partial charge on any atom is 0.170 e. The molecule has 2 atom stereocenters. The van der Waals surface area contributed by atoms with Crippen LogP contribution in [0.3, 0.4) is 0 Å². The number of nitrogens with two attached hydrogens (primary N) is 1. The zero-order valence-electron chi connectivity index (χ0n) is 10.9. The molecule has 0 aliphatic heterocycles. The van der Waals surface area contributed by atoms with E-state index in [1.807, 2.05) is 6.92 Å². The van der Waals surface area contributed by atoms with E-state index in [9.17, 15) is 0 Å². The molecule has 2 N–H and O–H groups in total. The van der Waals surface area contributed by atoms with Crippen molar-refractivity contribution in [3.63, 3.8) is 0 Å². The third-order valence-electron chi connectivity index (χ3n) is 3.51. The second-order valence-electron chi connectivity index (χ2n) is 4.88. The van der Waals surface area contributed by atoms with Crippen LogP contribution in [-0.2, 0) is 6.42 Å². The van der Waals surface area contributed by atoms with Gasteiger partial charge in [-0.3, -0.25) is 0 Å². The van der Waals surface area contributed by atoms with Gasteiger partial charge in [0.2, 0.25) is 0 Å². The molecule has 3 nitrogen and oxygen atoms in total. The molecule has 0 radical (unpaired) electrons. The number of aromatic nitrogens is 2. The summed E-state index contributed by atoms with van der Waals surface area (Å²) < 4.78 is 5.28. The molecule has 0 saturated carbocycles. The van der Waals surface area contributed by atoms with Crippen LogP contribution in [0.1, 0.15) is 35.8 Å². The Morgan fingerprint density at radius 1 is 1.37 bits per heavy atom. The first-order valence-electron chi connectivity index (χ1n) is 6.54. The molecule has 1 aromatic heterocycles. The van der Waals surface area contributed by atoms with Gasteiger partial charge in [0.1, 0.15) is 5.82 Å². The Kier molecular flexibility index (Phi) is 3.86. The van der Waals surface area contributed by atoms with Crippen LogP contribution in [0.25, 0.3) is 0 Å². The van der Waals surface area contributed by atoms with E-state index in [1.165, 1.54) is 29.1 Å². The minimum Gasteiger partial charge on any atom is -0.323 e. The third-order valence-corrected chi connectivity index (χ3v) is 5.75. The Morgan fingerprint density at radius 2 is 2.21 bits per heavy atom. The zero-order chi connectivity index (χ0) is 13.2. The van der Waals surface area contributed by atoms with Gasteiger partial charge in [0.05, 0.1) is 0 Å². The van der Waals surface area contributed by atoms with Crippen molar-refractivity contribution >= 4 is 23.3 Å². The van der Waals surface area contributed by atoms with Crippen LogP contribution in [0.4, 0.5) is 0 Å². The van der Waals surface area contributed by atoms with Crippen LogP contribution >= 0.6 is 23.3 Å². The molecule has 2 unspecified atom stereocenters. The molecular formula is C14H17N3S2. The van der Waals surface area contributed by atoms with Crippen molar-refractivity contribution in [2.45, 2.75) is 41.8 Å². The lowest BCUT2D eigenvalue weighted by molar-refractivity contribution is 0.632. The van der Waals surface area contributed by atoms with Crippen LogP contribution in [0.15, 0.2) is 28.6 Å². The molecule has 0 amide bonds. The second kappa shape index (κ2) is 5.61. The number of rotatable bonds is 2. The highest BCUT2D eigenvalue weighted by Gasteiger charge is 2.26. The molecule has 0 fully saturated rings. The lowest BCUT2D eigenvalue weighted by atomic mass is 10.00. The average molecular weight is 291 g/mol. The van der Waals surface area contributed by atoms with Gasteiger partial charge in [0.15, 0.2) is 4.34 Å². The zero-order valence-corrected chi connectivity index (χ0v) is 12.5. The summed E-state index contributed by atoms with van der Waals surface area (Å²) in [5.41, 5.74) is 9.19.